The first kappa shape index (κ1) is 14.6. The average Bonchev–Trinajstić information content (AvgIpc) is 2.27. The van der Waals surface area contributed by atoms with Gasteiger partial charge in [-0.15, -0.1) is 0 Å². The summed E-state index contributed by atoms with van der Waals surface area (Å²) in [5.41, 5.74) is 4.06. The van der Waals surface area contributed by atoms with Gasteiger partial charge in [0.15, 0.2) is 0 Å². The summed E-state index contributed by atoms with van der Waals surface area (Å²) in [6, 6.07) is 7.32. The summed E-state index contributed by atoms with van der Waals surface area (Å²) in [6.45, 7) is 9.04. The summed E-state index contributed by atoms with van der Waals surface area (Å²) in [5, 5.41) is 0.935. The van der Waals surface area contributed by atoms with Crippen LogP contribution in [0.25, 0.3) is 0 Å². The molecule has 0 aliphatic heterocycles. The van der Waals surface area contributed by atoms with Gasteiger partial charge in [-0.3, -0.25) is 0 Å². The summed E-state index contributed by atoms with van der Waals surface area (Å²) in [5.74, 6) is 0.746. The monoisotopic (exact) mass is 297 g/mol. The van der Waals surface area contributed by atoms with Crippen molar-refractivity contribution >= 4 is 21.6 Å². The van der Waals surface area contributed by atoms with E-state index >= 15 is 0 Å². The molecular weight excluding hydrogens is 274 g/mol. The standard InChI is InChI=1S/C15H24BrN/c1-11(2)8-13(4)17(5)15-7-6-14(10-16)12(3)9-15/h6-7,9,11,13H,8,10H2,1-5H3. The molecule has 17 heavy (non-hydrogen) atoms. The minimum atomic E-state index is 0.587. The topological polar surface area (TPSA) is 3.24 Å². The normalized spacial score (nSPS) is 12.9. The molecule has 0 aliphatic carbocycles. The van der Waals surface area contributed by atoms with Gasteiger partial charge in [0.25, 0.3) is 0 Å². The molecule has 1 atom stereocenters. The predicted octanol–water partition coefficient (Wildman–Crippen LogP) is 4.76. The van der Waals surface area contributed by atoms with E-state index in [2.05, 4.69) is 73.8 Å². The first-order valence-electron chi connectivity index (χ1n) is 6.34. The minimum absolute atomic E-state index is 0.587. The van der Waals surface area contributed by atoms with Gasteiger partial charge in [-0.25, -0.2) is 0 Å². The van der Waals surface area contributed by atoms with E-state index < -0.39 is 0 Å². The molecule has 0 aliphatic rings. The largest absolute Gasteiger partial charge is 0.372 e. The molecule has 0 amide bonds. The number of aryl methyl sites for hydroxylation is 1. The van der Waals surface area contributed by atoms with Crippen LogP contribution >= 0.6 is 15.9 Å². The van der Waals surface area contributed by atoms with E-state index in [1.807, 2.05) is 0 Å². The smallest absolute Gasteiger partial charge is 0.0368 e. The van der Waals surface area contributed by atoms with Gasteiger partial charge in [-0.1, -0.05) is 35.8 Å². The Balaban J connectivity index is 2.82. The molecule has 0 saturated heterocycles. The van der Waals surface area contributed by atoms with Crippen LogP contribution in [0.2, 0.25) is 0 Å². The zero-order valence-corrected chi connectivity index (χ0v) is 13.2. The first-order chi connectivity index (χ1) is 7.95. The van der Waals surface area contributed by atoms with Crippen LogP contribution < -0.4 is 4.90 Å². The van der Waals surface area contributed by atoms with E-state index in [1.165, 1.54) is 23.2 Å². The summed E-state index contributed by atoms with van der Waals surface area (Å²) in [4.78, 5) is 2.38. The molecule has 1 aromatic rings. The van der Waals surface area contributed by atoms with Crippen LogP contribution in [0.15, 0.2) is 18.2 Å². The Morgan fingerprint density at radius 3 is 2.35 bits per heavy atom. The van der Waals surface area contributed by atoms with Crippen LogP contribution in [0.4, 0.5) is 5.69 Å². The third kappa shape index (κ3) is 4.02. The second-order valence-corrected chi connectivity index (χ2v) is 5.89. The van der Waals surface area contributed by atoms with Crippen LogP contribution in [0.3, 0.4) is 0 Å². The van der Waals surface area contributed by atoms with Gasteiger partial charge in [0.2, 0.25) is 0 Å². The molecule has 0 saturated carbocycles. The molecule has 0 heterocycles. The molecule has 0 bridgehead atoms. The van der Waals surface area contributed by atoms with E-state index in [9.17, 15) is 0 Å². The van der Waals surface area contributed by atoms with Crippen molar-refractivity contribution in [3.8, 4) is 0 Å². The Labute approximate surface area is 114 Å². The number of alkyl halides is 1. The summed E-state index contributed by atoms with van der Waals surface area (Å²) in [6.07, 6.45) is 1.23. The van der Waals surface area contributed by atoms with Gasteiger partial charge in [-0.05, 0) is 49.4 Å². The maximum absolute atomic E-state index is 3.52. The van der Waals surface area contributed by atoms with E-state index in [0.29, 0.717) is 6.04 Å². The van der Waals surface area contributed by atoms with Crippen molar-refractivity contribution in [2.45, 2.75) is 45.5 Å². The van der Waals surface area contributed by atoms with E-state index in [0.717, 1.165) is 11.2 Å². The van der Waals surface area contributed by atoms with Crippen molar-refractivity contribution in [1.82, 2.24) is 0 Å². The molecule has 0 fully saturated rings. The lowest BCUT2D eigenvalue weighted by atomic mass is 10.0. The van der Waals surface area contributed by atoms with Crippen LogP contribution in [-0.4, -0.2) is 13.1 Å². The van der Waals surface area contributed by atoms with Crippen molar-refractivity contribution < 1.29 is 0 Å². The van der Waals surface area contributed by atoms with Gasteiger partial charge in [0.05, 0.1) is 0 Å². The van der Waals surface area contributed by atoms with E-state index in [4.69, 9.17) is 0 Å². The van der Waals surface area contributed by atoms with Gasteiger partial charge in [0, 0.05) is 24.1 Å². The number of anilines is 1. The number of nitrogens with zero attached hydrogens (tertiary/aromatic N) is 1. The fraction of sp³-hybridized carbons (Fsp3) is 0.600. The lowest BCUT2D eigenvalue weighted by Gasteiger charge is -2.29. The van der Waals surface area contributed by atoms with Crippen LogP contribution in [-0.2, 0) is 5.33 Å². The van der Waals surface area contributed by atoms with Crippen molar-refractivity contribution in [1.29, 1.82) is 0 Å². The molecule has 0 spiro atoms. The predicted molar refractivity (Wildman–Crippen MR) is 81.1 cm³/mol. The summed E-state index contributed by atoms with van der Waals surface area (Å²) in [7, 11) is 2.19. The Bertz CT molecular complexity index is 360. The lowest BCUT2D eigenvalue weighted by Crippen LogP contribution is -2.30. The summed E-state index contributed by atoms with van der Waals surface area (Å²) >= 11 is 3.52. The third-order valence-electron chi connectivity index (χ3n) is 3.35. The van der Waals surface area contributed by atoms with Gasteiger partial charge >= 0.3 is 0 Å². The number of hydrogen-bond donors (Lipinski definition) is 0. The first-order valence-corrected chi connectivity index (χ1v) is 7.46. The van der Waals surface area contributed by atoms with Crippen LogP contribution in [0, 0.1) is 12.8 Å². The highest BCUT2D eigenvalue weighted by molar-refractivity contribution is 9.08. The zero-order chi connectivity index (χ0) is 13.0. The molecule has 2 heteroatoms. The molecular formula is C15H24BrN. The van der Waals surface area contributed by atoms with Crippen molar-refractivity contribution in [3.63, 3.8) is 0 Å². The maximum atomic E-state index is 3.52. The maximum Gasteiger partial charge on any atom is 0.0368 e. The SMILES string of the molecule is Cc1cc(N(C)C(C)CC(C)C)ccc1CBr. The summed E-state index contributed by atoms with van der Waals surface area (Å²) < 4.78 is 0. The van der Waals surface area contributed by atoms with Crippen LogP contribution in [0.5, 0.6) is 0 Å². The van der Waals surface area contributed by atoms with Crippen LogP contribution in [0.1, 0.15) is 38.3 Å². The van der Waals surface area contributed by atoms with Crippen molar-refractivity contribution in [2.75, 3.05) is 11.9 Å². The number of benzene rings is 1. The Hall–Kier alpha value is -0.500. The second kappa shape index (κ2) is 6.44. The number of rotatable bonds is 5. The molecule has 0 radical (unpaired) electrons. The fourth-order valence-corrected chi connectivity index (χ4v) is 2.77. The van der Waals surface area contributed by atoms with Gasteiger partial charge in [-0.2, -0.15) is 0 Å². The molecule has 0 aromatic heterocycles. The molecule has 1 unspecified atom stereocenters. The Morgan fingerprint density at radius 2 is 1.88 bits per heavy atom. The average molecular weight is 298 g/mol. The highest BCUT2D eigenvalue weighted by Crippen LogP contribution is 2.23. The van der Waals surface area contributed by atoms with Gasteiger partial charge < -0.3 is 4.90 Å². The number of halogens is 1. The Kier molecular flexibility index (Phi) is 5.51. The molecule has 96 valence electrons. The van der Waals surface area contributed by atoms with E-state index in [1.54, 1.807) is 0 Å². The second-order valence-electron chi connectivity index (χ2n) is 5.33. The quantitative estimate of drug-likeness (QED) is 0.708. The fourth-order valence-electron chi connectivity index (χ4n) is 2.14. The molecule has 1 nitrogen and oxygen atoms in total. The number of hydrogen-bond acceptors (Lipinski definition) is 1. The molecule has 1 aromatic carbocycles. The zero-order valence-electron chi connectivity index (χ0n) is 11.6. The van der Waals surface area contributed by atoms with Crippen molar-refractivity contribution in [3.05, 3.63) is 29.3 Å². The minimum Gasteiger partial charge on any atom is -0.372 e. The third-order valence-corrected chi connectivity index (χ3v) is 3.96. The lowest BCUT2D eigenvalue weighted by molar-refractivity contribution is 0.504. The van der Waals surface area contributed by atoms with E-state index in [-0.39, 0.29) is 0 Å². The Morgan fingerprint density at radius 1 is 1.24 bits per heavy atom. The highest BCUT2D eigenvalue weighted by atomic mass is 79.9. The highest BCUT2D eigenvalue weighted by Gasteiger charge is 2.12. The van der Waals surface area contributed by atoms with Gasteiger partial charge in [0.1, 0.15) is 0 Å². The molecule has 0 N–H and O–H groups in total. The van der Waals surface area contributed by atoms with Crippen molar-refractivity contribution in [2.24, 2.45) is 5.92 Å². The molecule has 1 rings (SSSR count).